The van der Waals surface area contributed by atoms with Crippen molar-refractivity contribution in [2.75, 3.05) is 18.6 Å². The molecule has 2 aliphatic rings. The fraction of sp³-hybridized carbons (Fsp3) is 0.379. The maximum atomic E-state index is 13.2. The maximum absolute atomic E-state index is 13.2. The van der Waals surface area contributed by atoms with Crippen molar-refractivity contribution in [2.24, 2.45) is 0 Å². The number of hydrogen-bond donors (Lipinski definition) is 1. The van der Waals surface area contributed by atoms with E-state index in [-0.39, 0.29) is 19.2 Å². The summed E-state index contributed by atoms with van der Waals surface area (Å²) in [6.45, 7) is 11.5. The van der Waals surface area contributed by atoms with Gasteiger partial charge in [0.1, 0.15) is 18.7 Å². The number of amides is 2. The number of nitrogens with one attached hydrogen (secondary N) is 1. The Bertz CT molecular complexity index is 1190. The second kappa shape index (κ2) is 11.6. The summed E-state index contributed by atoms with van der Waals surface area (Å²) in [5.74, 6) is -0.998. The van der Waals surface area contributed by atoms with Crippen LogP contribution < -0.4 is 10.2 Å². The number of carbonyl (C=O) groups is 3. The minimum atomic E-state index is -0.846. The number of hydrogen-bond acceptors (Lipinski definition) is 7. The van der Waals surface area contributed by atoms with Gasteiger partial charge < -0.3 is 24.6 Å². The predicted octanol–water partition coefficient (Wildman–Crippen LogP) is 3.66. The quantitative estimate of drug-likeness (QED) is 0.560. The standard InChI is InChI=1S/C29H34N4O5/c1-19-13-20(2)26(21(3)14-19)32-12-11-31(18-32)24-15-25(27(34)30-22(4)28(35)37-5)33(16-24)29(36)38-17-23-9-7-6-8-10-23/h6-14,22,24-25H,15-17H2,1-5H3,(H,30,34)/t22-,24-,25+/m0/s1. The molecule has 1 N–H and O–H groups in total. The van der Waals surface area contributed by atoms with Crippen LogP contribution in [0.15, 0.2) is 54.9 Å². The Morgan fingerprint density at radius 2 is 1.76 bits per heavy atom. The van der Waals surface area contributed by atoms with Crippen LogP contribution in [0.4, 0.5) is 10.5 Å². The predicted molar refractivity (Wildman–Crippen MR) is 143 cm³/mol. The van der Waals surface area contributed by atoms with Gasteiger partial charge in [-0.1, -0.05) is 48.0 Å². The Labute approximate surface area is 224 Å². The Balaban J connectivity index is 1.48. The highest BCUT2D eigenvalue weighted by Crippen LogP contribution is 2.33. The third-order valence-electron chi connectivity index (χ3n) is 6.80. The molecule has 1 fully saturated rings. The largest absolute Gasteiger partial charge is 0.467 e. The first-order chi connectivity index (χ1) is 18.2. The molecule has 200 valence electrons. The van der Waals surface area contributed by atoms with E-state index < -0.39 is 30.1 Å². The fourth-order valence-electron chi connectivity index (χ4n) is 5.02. The van der Waals surface area contributed by atoms with Crippen LogP contribution in [0.3, 0.4) is 0 Å². The Kier molecular flexibility index (Phi) is 8.24. The fourth-order valence-corrected chi connectivity index (χ4v) is 5.02. The minimum absolute atomic E-state index is 0.0926. The van der Waals surface area contributed by atoms with Crippen molar-refractivity contribution < 1.29 is 23.9 Å². The molecule has 2 aromatic carbocycles. The second-order valence-electron chi connectivity index (χ2n) is 9.77. The van der Waals surface area contributed by atoms with Gasteiger partial charge in [0.25, 0.3) is 0 Å². The number of aryl methyl sites for hydroxylation is 3. The second-order valence-corrected chi connectivity index (χ2v) is 9.77. The van der Waals surface area contributed by atoms with Crippen molar-refractivity contribution in [3.8, 4) is 0 Å². The van der Waals surface area contributed by atoms with Gasteiger partial charge in [-0.3, -0.25) is 9.69 Å². The molecule has 9 heteroatoms. The van der Waals surface area contributed by atoms with Crippen LogP contribution in [-0.2, 0) is 25.7 Å². The van der Waals surface area contributed by atoms with Crippen molar-refractivity contribution in [2.45, 2.75) is 58.8 Å². The lowest BCUT2D eigenvalue weighted by molar-refractivity contribution is -0.145. The van der Waals surface area contributed by atoms with Crippen LogP contribution in [0.25, 0.3) is 0 Å². The van der Waals surface area contributed by atoms with E-state index in [9.17, 15) is 14.4 Å². The number of rotatable bonds is 7. The molecular weight excluding hydrogens is 484 g/mol. The molecule has 0 aliphatic carbocycles. The SMILES string of the molecule is COC(=O)[C@H](C)NC(=O)[C@H]1C[C@H](N2[C]N(c3c(C)cc(C)cc3C)C=C2)CN1C(=O)OCc1ccccc1. The average Bonchev–Trinajstić information content (AvgIpc) is 3.55. The molecule has 2 aliphatic heterocycles. The van der Waals surface area contributed by atoms with E-state index in [1.807, 2.05) is 52.5 Å². The highest BCUT2D eigenvalue weighted by Gasteiger charge is 2.44. The number of carbonyl (C=O) groups excluding carboxylic acids is 3. The highest BCUT2D eigenvalue weighted by molar-refractivity contribution is 5.90. The van der Waals surface area contributed by atoms with Crippen molar-refractivity contribution in [1.29, 1.82) is 0 Å². The van der Waals surface area contributed by atoms with Gasteiger partial charge in [-0.15, -0.1) is 0 Å². The number of ether oxygens (including phenoxy) is 2. The van der Waals surface area contributed by atoms with Crippen LogP contribution in [0.1, 0.15) is 35.6 Å². The Hall–Kier alpha value is -4.01. The van der Waals surface area contributed by atoms with Gasteiger partial charge in [-0.25, -0.2) is 9.59 Å². The summed E-state index contributed by atoms with van der Waals surface area (Å²) in [7, 11) is 1.26. The zero-order valence-electron chi connectivity index (χ0n) is 22.4. The number of benzene rings is 2. The zero-order chi connectivity index (χ0) is 27.4. The van der Waals surface area contributed by atoms with E-state index in [1.54, 1.807) is 6.92 Å². The molecule has 1 saturated heterocycles. The summed E-state index contributed by atoms with van der Waals surface area (Å²) >= 11 is 0. The number of anilines is 1. The first-order valence-electron chi connectivity index (χ1n) is 12.6. The molecule has 0 saturated carbocycles. The van der Waals surface area contributed by atoms with Crippen LogP contribution in [0, 0.1) is 27.4 Å². The first-order valence-corrected chi connectivity index (χ1v) is 12.6. The molecule has 0 unspecified atom stereocenters. The highest BCUT2D eigenvalue weighted by atomic mass is 16.6. The topological polar surface area (TPSA) is 91.4 Å². The van der Waals surface area contributed by atoms with Crippen molar-refractivity contribution >= 4 is 23.7 Å². The lowest BCUT2D eigenvalue weighted by Crippen LogP contribution is -2.50. The third-order valence-corrected chi connectivity index (χ3v) is 6.80. The van der Waals surface area contributed by atoms with Gasteiger partial charge in [0.05, 0.1) is 13.2 Å². The number of likely N-dealkylation sites (tertiary alicyclic amines) is 1. The number of nitrogens with zero attached hydrogens (tertiary/aromatic N) is 3. The Morgan fingerprint density at radius 3 is 2.42 bits per heavy atom. The van der Waals surface area contributed by atoms with E-state index in [4.69, 9.17) is 9.47 Å². The molecular formula is C29H34N4O5. The van der Waals surface area contributed by atoms with Crippen LogP contribution in [-0.4, -0.2) is 59.5 Å². The molecule has 4 rings (SSSR count). The van der Waals surface area contributed by atoms with E-state index in [0.29, 0.717) is 6.42 Å². The van der Waals surface area contributed by atoms with E-state index in [0.717, 1.165) is 22.4 Å². The van der Waals surface area contributed by atoms with E-state index in [2.05, 4.69) is 44.9 Å². The van der Waals surface area contributed by atoms with E-state index >= 15 is 0 Å². The summed E-state index contributed by atoms with van der Waals surface area (Å²) in [6.07, 6.45) is 3.58. The van der Waals surface area contributed by atoms with Gasteiger partial charge in [0, 0.05) is 24.6 Å². The summed E-state index contributed by atoms with van der Waals surface area (Å²) in [6, 6.07) is 11.7. The summed E-state index contributed by atoms with van der Waals surface area (Å²) in [4.78, 5) is 43.5. The minimum Gasteiger partial charge on any atom is -0.467 e. The van der Waals surface area contributed by atoms with Crippen LogP contribution in [0.2, 0.25) is 0 Å². The zero-order valence-corrected chi connectivity index (χ0v) is 22.4. The molecule has 38 heavy (non-hydrogen) atoms. The Morgan fingerprint density at radius 1 is 1.08 bits per heavy atom. The lowest BCUT2D eigenvalue weighted by Gasteiger charge is -2.26. The summed E-state index contributed by atoms with van der Waals surface area (Å²) < 4.78 is 10.3. The molecule has 2 amide bonds. The van der Waals surface area contributed by atoms with Gasteiger partial charge in [0.15, 0.2) is 0 Å². The first kappa shape index (κ1) is 27.0. The monoisotopic (exact) mass is 518 g/mol. The van der Waals surface area contributed by atoms with E-state index in [1.165, 1.54) is 17.6 Å². The molecule has 9 nitrogen and oxygen atoms in total. The van der Waals surface area contributed by atoms with Crippen LogP contribution in [0.5, 0.6) is 0 Å². The van der Waals surface area contributed by atoms with Crippen LogP contribution >= 0.6 is 0 Å². The number of esters is 1. The average molecular weight is 519 g/mol. The molecule has 0 bridgehead atoms. The molecule has 2 aromatic rings. The molecule has 3 atom stereocenters. The molecule has 2 heterocycles. The van der Waals surface area contributed by atoms with Gasteiger partial charge in [-0.2, -0.15) is 0 Å². The van der Waals surface area contributed by atoms with Crippen molar-refractivity contribution in [1.82, 2.24) is 15.1 Å². The molecule has 0 spiro atoms. The lowest BCUT2D eigenvalue weighted by atomic mass is 10.0. The molecule has 2 radical (unpaired) electrons. The third kappa shape index (κ3) is 5.93. The van der Waals surface area contributed by atoms with Crippen molar-refractivity contribution in [3.63, 3.8) is 0 Å². The van der Waals surface area contributed by atoms with Gasteiger partial charge >= 0.3 is 12.1 Å². The summed E-state index contributed by atoms with van der Waals surface area (Å²) in [5.41, 5.74) is 5.36. The molecule has 0 aromatic heterocycles. The summed E-state index contributed by atoms with van der Waals surface area (Å²) in [5, 5.41) is 2.67. The van der Waals surface area contributed by atoms with Gasteiger partial charge in [-0.05, 0) is 50.8 Å². The number of methoxy groups -OCH3 is 1. The maximum Gasteiger partial charge on any atom is 0.410 e. The smallest absolute Gasteiger partial charge is 0.410 e. The van der Waals surface area contributed by atoms with Gasteiger partial charge in [0.2, 0.25) is 12.6 Å². The normalized spacial score (nSPS) is 19.4. The van der Waals surface area contributed by atoms with Crippen molar-refractivity contribution in [3.05, 3.63) is 83.8 Å².